The fraction of sp³-hybridized carbons (Fsp3) is 0.474. The maximum Gasteiger partial charge on any atom is 0.0292 e. The van der Waals surface area contributed by atoms with E-state index in [1.165, 1.54) is 48.6 Å². The van der Waals surface area contributed by atoms with Gasteiger partial charge in [0.2, 0.25) is 0 Å². The number of nitrogens with one attached hydrogen (secondary N) is 1. The van der Waals surface area contributed by atoms with Crippen molar-refractivity contribution in [3.8, 4) is 0 Å². The first-order chi connectivity index (χ1) is 9.72. The maximum absolute atomic E-state index is 3.75. The number of hydrogen-bond donors (Lipinski definition) is 1. The van der Waals surface area contributed by atoms with E-state index < -0.39 is 0 Å². The van der Waals surface area contributed by atoms with Crippen LogP contribution in [0.15, 0.2) is 42.5 Å². The van der Waals surface area contributed by atoms with E-state index in [0.29, 0.717) is 11.5 Å². The van der Waals surface area contributed by atoms with Crippen molar-refractivity contribution in [2.45, 2.75) is 45.6 Å². The van der Waals surface area contributed by atoms with E-state index in [-0.39, 0.29) is 0 Å². The Balaban J connectivity index is 1.67. The van der Waals surface area contributed by atoms with Crippen LogP contribution in [-0.2, 0) is 0 Å². The summed E-state index contributed by atoms with van der Waals surface area (Å²) >= 11 is 0. The minimum atomic E-state index is 0.439. The van der Waals surface area contributed by atoms with Crippen LogP contribution in [0.25, 0.3) is 10.8 Å². The van der Waals surface area contributed by atoms with Crippen molar-refractivity contribution in [2.75, 3.05) is 6.54 Å². The molecule has 1 fully saturated rings. The Bertz CT molecular complexity index is 583. The molecule has 1 saturated carbocycles. The van der Waals surface area contributed by atoms with Gasteiger partial charge >= 0.3 is 0 Å². The minimum Gasteiger partial charge on any atom is -0.310 e. The lowest BCUT2D eigenvalue weighted by Gasteiger charge is -2.20. The van der Waals surface area contributed by atoms with Gasteiger partial charge in [0, 0.05) is 12.6 Å². The maximum atomic E-state index is 3.75. The topological polar surface area (TPSA) is 12.0 Å². The van der Waals surface area contributed by atoms with Crippen molar-refractivity contribution in [3.05, 3.63) is 48.0 Å². The standard InChI is InChI=1S/C19H25N/c1-3-10-19(11-12-19)14-20-15(2)17-9-8-16-6-4-5-7-18(16)13-17/h4-9,13,15,20H,3,10-12,14H2,1-2H3. The summed E-state index contributed by atoms with van der Waals surface area (Å²) in [6, 6.07) is 15.9. The van der Waals surface area contributed by atoms with Crippen molar-refractivity contribution in [1.29, 1.82) is 0 Å². The largest absolute Gasteiger partial charge is 0.310 e. The highest BCUT2D eigenvalue weighted by Crippen LogP contribution is 2.49. The second-order valence-electron chi connectivity index (χ2n) is 6.46. The summed E-state index contributed by atoms with van der Waals surface area (Å²) in [5.41, 5.74) is 2.02. The Kier molecular flexibility index (Phi) is 3.80. The molecule has 1 nitrogen and oxygen atoms in total. The lowest BCUT2D eigenvalue weighted by atomic mass is 9.99. The van der Waals surface area contributed by atoms with Gasteiger partial charge in [-0.2, -0.15) is 0 Å². The summed E-state index contributed by atoms with van der Waals surface area (Å²) in [5.74, 6) is 0. The van der Waals surface area contributed by atoms with E-state index >= 15 is 0 Å². The van der Waals surface area contributed by atoms with Crippen molar-refractivity contribution >= 4 is 10.8 Å². The molecule has 0 aliphatic heterocycles. The van der Waals surface area contributed by atoms with E-state index in [0.717, 1.165) is 0 Å². The summed E-state index contributed by atoms with van der Waals surface area (Å²) in [6.07, 6.45) is 5.52. The quantitative estimate of drug-likeness (QED) is 0.770. The summed E-state index contributed by atoms with van der Waals surface area (Å²) in [7, 11) is 0. The first kappa shape index (κ1) is 13.6. The van der Waals surface area contributed by atoms with Crippen molar-refractivity contribution in [3.63, 3.8) is 0 Å². The van der Waals surface area contributed by atoms with Crippen molar-refractivity contribution in [1.82, 2.24) is 5.32 Å². The highest BCUT2D eigenvalue weighted by Gasteiger charge is 2.41. The normalized spacial score (nSPS) is 18.1. The van der Waals surface area contributed by atoms with Gasteiger partial charge in [0.1, 0.15) is 0 Å². The van der Waals surface area contributed by atoms with Crippen LogP contribution in [0.1, 0.15) is 51.1 Å². The first-order valence-corrected chi connectivity index (χ1v) is 7.94. The van der Waals surface area contributed by atoms with Crippen LogP contribution in [0.2, 0.25) is 0 Å². The molecule has 1 aliphatic carbocycles. The first-order valence-electron chi connectivity index (χ1n) is 7.94. The molecule has 0 heterocycles. The van der Waals surface area contributed by atoms with Gasteiger partial charge in [-0.25, -0.2) is 0 Å². The van der Waals surface area contributed by atoms with Gasteiger partial charge in [-0.05, 0) is 54.0 Å². The molecule has 1 heteroatoms. The second-order valence-corrected chi connectivity index (χ2v) is 6.46. The summed E-state index contributed by atoms with van der Waals surface area (Å²) < 4.78 is 0. The van der Waals surface area contributed by atoms with Crippen LogP contribution < -0.4 is 5.32 Å². The minimum absolute atomic E-state index is 0.439. The van der Waals surface area contributed by atoms with Gasteiger partial charge in [-0.1, -0.05) is 49.7 Å². The Morgan fingerprint density at radius 1 is 1.10 bits per heavy atom. The molecule has 0 saturated heterocycles. The number of rotatable bonds is 6. The summed E-state index contributed by atoms with van der Waals surface area (Å²) in [5, 5.41) is 6.42. The molecule has 0 radical (unpaired) electrons. The fourth-order valence-corrected chi connectivity index (χ4v) is 3.19. The average Bonchev–Trinajstić information content (AvgIpc) is 3.25. The second kappa shape index (κ2) is 5.57. The van der Waals surface area contributed by atoms with Crippen LogP contribution in [0.3, 0.4) is 0 Å². The van der Waals surface area contributed by atoms with Crippen molar-refractivity contribution < 1.29 is 0 Å². The van der Waals surface area contributed by atoms with Crippen LogP contribution >= 0.6 is 0 Å². The molecule has 2 aromatic rings. The van der Waals surface area contributed by atoms with Gasteiger partial charge in [-0.15, -0.1) is 0 Å². The number of fused-ring (bicyclic) bond motifs is 1. The van der Waals surface area contributed by atoms with Gasteiger partial charge in [-0.3, -0.25) is 0 Å². The third kappa shape index (κ3) is 2.88. The van der Waals surface area contributed by atoms with E-state index in [1.54, 1.807) is 0 Å². The zero-order valence-corrected chi connectivity index (χ0v) is 12.7. The Morgan fingerprint density at radius 3 is 2.55 bits per heavy atom. The van der Waals surface area contributed by atoms with E-state index in [4.69, 9.17) is 0 Å². The van der Waals surface area contributed by atoms with Gasteiger partial charge in [0.15, 0.2) is 0 Å². The molecular formula is C19H25N. The van der Waals surface area contributed by atoms with E-state index in [2.05, 4.69) is 61.6 Å². The molecule has 0 spiro atoms. The molecule has 0 aromatic heterocycles. The molecule has 2 aromatic carbocycles. The predicted octanol–water partition coefficient (Wildman–Crippen LogP) is 5.07. The SMILES string of the molecule is CCCC1(CNC(C)c2ccc3ccccc3c2)CC1. The molecule has 1 atom stereocenters. The van der Waals surface area contributed by atoms with Gasteiger partial charge < -0.3 is 5.32 Å². The van der Waals surface area contributed by atoms with Gasteiger partial charge in [0.05, 0.1) is 0 Å². The zero-order valence-electron chi connectivity index (χ0n) is 12.7. The van der Waals surface area contributed by atoms with Crippen LogP contribution in [0.4, 0.5) is 0 Å². The van der Waals surface area contributed by atoms with E-state index in [1.807, 2.05) is 0 Å². The Labute approximate surface area is 122 Å². The summed E-state index contributed by atoms with van der Waals surface area (Å²) in [4.78, 5) is 0. The molecule has 20 heavy (non-hydrogen) atoms. The predicted molar refractivity (Wildman–Crippen MR) is 86.9 cm³/mol. The van der Waals surface area contributed by atoms with Gasteiger partial charge in [0.25, 0.3) is 0 Å². The zero-order chi connectivity index (χ0) is 14.0. The van der Waals surface area contributed by atoms with Crippen LogP contribution in [-0.4, -0.2) is 6.54 Å². The molecule has 1 N–H and O–H groups in total. The molecule has 0 amide bonds. The smallest absolute Gasteiger partial charge is 0.0292 e. The molecule has 1 aliphatic rings. The Morgan fingerprint density at radius 2 is 1.85 bits per heavy atom. The third-order valence-corrected chi connectivity index (χ3v) is 4.79. The van der Waals surface area contributed by atoms with Crippen LogP contribution in [0, 0.1) is 5.41 Å². The summed E-state index contributed by atoms with van der Waals surface area (Å²) in [6.45, 7) is 5.76. The monoisotopic (exact) mass is 267 g/mol. The molecular weight excluding hydrogens is 242 g/mol. The Hall–Kier alpha value is -1.34. The highest BCUT2D eigenvalue weighted by molar-refractivity contribution is 5.83. The molecule has 106 valence electrons. The third-order valence-electron chi connectivity index (χ3n) is 4.79. The van der Waals surface area contributed by atoms with Crippen molar-refractivity contribution in [2.24, 2.45) is 5.41 Å². The molecule has 0 bridgehead atoms. The lowest BCUT2D eigenvalue weighted by molar-refractivity contribution is 0.397. The van der Waals surface area contributed by atoms with Crippen LogP contribution in [0.5, 0.6) is 0 Å². The highest BCUT2D eigenvalue weighted by atomic mass is 14.9. The van der Waals surface area contributed by atoms with E-state index in [9.17, 15) is 0 Å². The number of benzene rings is 2. The molecule has 3 rings (SSSR count). The lowest BCUT2D eigenvalue weighted by Crippen LogP contribution is -2.26. The molecule has 1 unspecified atom stereocenters. The fourth-order valence-electron chi connectivity index (χ4n) is 3.19. The number of hydrogen-bond acceptors (Lipinski definition) is 1. The average molecular weight is 267 g/mol.